The van der Waals surface area contributed by atoms with Crippen LogP contribution in [0.15, 0.2) is 29.2 Å². The molecule has 0 N–H and O–H groups in total. The van der Waals surface area contributed by atoms with Crippen molar-refractivity contribution in [3.05, 3.63) is 29.8 Å². The van der Waals surface area contributed by atoms with E-state index in [1.807, 2.05) is 19.1 Å². The molecule has 0 saturated carbocycles. The molecule has 5 heteroatoms. The largest absolute Gasteiger partial charge is 0.375 e. The van der Waals surface area contributed by atoms with E-state index < -0.39 is 10.0 Å². The molecule has 2 aliphatic heterocycles. The van der Waals surface area contributed by atoms with Gasteiger partial charge < -0.3 is 4.74 Å². The first-order chi connectivity index (χ1) is 9.46. The third kappa shape index (κ3) is 2.50. The van der Waals surface area contributed by atoms with E-state index in [1.54, 1.807) is 16.4 Å². The van der Waals surface area contributed by atoms with Gasteiger partial charge in [-0.15, -0.1) is 0 Å². The standard InChI is InChI=1S/C15H21NO3S/c1-11-3-5-14(6-4-11)20(17,18)16-8-7-15-13(10-16)9-12(2)19-15/h3-6,12-13,15H,7-10H2,1-2H3/t12-,13-,15+/m0/s1. The maximum atomic E-state index is 12.7. The van der Waals surface area contributed by atoms with E-state index in [1.165, 1.54) is 0 Å². The van der Waals surface area contributed by atoms with Crippen LogP contribution in [0.3, 0.4) is 0 Å². The van der Waals surface area contributed by atoms with Crippen LogP contribution >= 0.6 is 0 Å². The van der Waals surface area contributed by atoms with E-state index >= 15 is 0 Å². The second kappa shape index (κ2) is 5.13. The lowest BCUT2D eigenvalue weighted by Gasteiger charge is -2.33. The molecule has 2 aliphatic rings. The summed E-state index contributed by atoms with van der Waals surface area (Å²) < 4.78 is 32.8. The second-order valence-corrected chi connectivity index (χ2v) is 7.88. The molecule has 4 nitrogen and oxygen atoms in total. The highest BCUT2D eigenvalue weighted by Crippen LogP contribution is 2.34. The molecule has 0 amide bonds. The Balaban J connectivity index is 1.80. The maximum absolute atomic E-state index is 12.7. The summed E-state index contributed by atoms with van der Waals surface area (Å²) in [7, 11) is -3.36. The average molecular weight is 295 g/mol. The molecule has 0 radical (unpaired) electrons. The predicted molar refractivity (Wildman–Crippen MR) is 77.0 cm³/mol. The molecule has 0 unspecified atom stereocenters. The van der Waals surface area contributed by atoms with E-state index in [-0.39, 0.29) is 12.2 Å². The Morgan fingerprint density at radius 2 is 1.95 bits per heavy atom. The minimum absolute atomic E-state index is 0.245. The number of fused-ring (bicyclic) bond motifs is 1. The van der Waals surface area contributed by atoms with E-state index in [0.29, 0.717) is 23.9 Å². The third-order valence-corrected chi connectivity index (χ3v) is 6.21. The van der Waals surface area contributed by atoms with Gasteiger partial charge in [-0.1, -0.05) is 17.7 Å². The van der Waals surface area contributed by atoms with Gasteiger partial charge in [-0.25, -0.2) is 8.42 Å². The van der Waals surface area contributed by atoms with E-state index in [4.69, 9.17) is 4.74 Å². The van der Waals surface area contributed by atoms with Gasteiger partial charge in [-0.2, -0.15) is 4.31 Å². The van der Waals surface area contributed by atoms with Crippen LogP contribution in [0.25, 0.3) is 0 Å². The minimum atomic E-state index is -3.36. The van der Waals surface area contributed by atoms with Crippen molar-refractivity contribution in [3.63, 3.8) is 0 Å². The molecule has 110 valence electrons. The first-order valence-electron chi connectivity index (χ1n) is 7.19. The first kappa shape index (κ1) is 14.0. The Hall–Kier alpha value is -0.910. The quantitative estimate of drug-likeness (QED) is 0.840. The molecule has 1 aromatic rings. The van der Waals surface area contributed by atoms with Crippen molar-refractivity contribution in [2.24, 2.45) is 5.92 Å². The minimum Gasteiger partial charge on any atom is -0.375 e. The number of aryl methyl sites for hydroxylation is 1. The summed E-state index contributed by atoms with van der Waals surface area (Å²) in [6.07, 6.45) is 2.27. The van der Waals surface area contributed by atoms with Crippen molar-refractivity contribution >= 4 is 10.0 Å². The zero-order valence-electron chi connectivity index (χ0n) is 12.0. The maximum Gasteiger partial charge on any atom is 0.243 e. The smallest absolute Gasteiger partial charge is 0.243 e. The summed E-state index contributed by atoms with van der Waals surface area (Å²) >= 11 is 0. The highest BCUT2D eigenvalue weighted by Gasteiger charge is 2.40. The van der Waals surface area contributed by atoms with Crippen molar-refractivity contribution in [3.8, 4) is 0 Å². The topological polar surface area (TPSA) is 46.6 Å². The molecule has 0 spiro atoms. The fourth-order valence-electron chi connectivity index (χ4n) is 3.24. The van der Waals surface area contributed by atoms with E-state index in [0.717, 1.165) is 18.4 Å². The molecule has 2 heterocycles. The Morgan fingerprint density at radius 1 is 1.25 bits per heavy atom. The van der Waals surface area contributed by atoms with Crippen LogP contribution in [0.2, 0.25) is 0 Å². The molecule has 3 rings (SSSR count). The molecule has 0 aromatic heterocycles. The fourth-order valence-corrected chi connectivity index (χ4v) is 4.75. The van der Waals surface area contributed by atoms with Gasteiger partial charge in [-0.3, -0.25) is 0 Å². The normalized spacial score (nSPS) is 31.2. The Labute approximate surface area is 120 Å². The van der Waals surface area contributed by atoms with Crippen molar-refractivity contribution in [1.82, 2.24) is 4.31 Å². The summed E-state index contributed by atoms with van der Waals surface area (Å²) in [6.45, 7) is 5.17. The lowest BCUT2D eigenvalue weighted by Crippen LogP contribution is -2.44. The van der Waals surface area contributed by atoms with Crippen molar-refractivity contribution in [1.29, 1.82) is 0 Å². The van der Waals surface area contributed by atoms with Gasteiger partial charge in [0.1, 0.15) is 0 Å². The number of benzene rings is 1. The molecule has 2 saturated heterocycles. The van der Waals surface area contributed by atoms with Gasteiger partial charge >= 0.3 is 0 Å². The van der Waals surface area contributed by atoms with Crippen molar-refractivity contribution in [2.75, 3.05) is 13.1 Å². The molecule has 0 aliphatic carbocycles. The van der Waals surface area contributed by atoms with Gasteiger partial charge in [0.25, 0.3) is 0 Å². The number of ether oxygens (including phenoxy) is 1. The number of piperidine rings is 1. The van der Waals surface area contributed by atoms with Crippen LogP contribution in [-0.2, 0) is 14.8 Å². The second-order valence-electron chi connectivity index (χ2n) is 5.95. The molecular formula is C15H21NO3S. The highest BCUT2D eigenvalue weighted by molar-refractivity contribution is 7.89. The molecular weight excluding hydrogens is 274 g/mol. The Kier molecular flexibility index (Phi) is 3.60. The fraction of sp³-hybridized carbons (Fsp3) is 0.600. The monoisotopic (exact) mass is 295 g/mol. The number of hydrogen-bond donors (Lipinski definition) is 0. The lowest BCUT2D eigenvalue weighted by molar-refractivity contribution is 0.0206. The van der Waals surface area contributed by atoms with Crippen LogP contribution in [0.4, 0.5) is 0 Å². The molecule has 1 aromatic carbocycles. The van der Waals surface area contributed by atoms with Crippen LogP contribution in [0, 0.1) is 12.8 Å². The number of sulfonamides is 1. The SMILES string of the molecule is Cc1ccc(S(=O)(=O)N2CC[C@H]3O[C@@H](C)C[C@H]3C2)cc1. The molecule has 20 heavy (non-hydrogen) atoms. The summed E-state index contributed by atoms with van der Waals surface area (Å²) in [4.78, 5) is 0.397. The third-order valence-electron chi connectivity index (χ3n) is 4.33. The summed E-state index contributed by atoms with van der Waals surface area (Å²) in [5.74, 6) is 0.346. The Bertz CT molecular complexity index is 582. The highest BCUT2D eigenvalue weighted by atomic mass is 32.2. The van der Waals surface area contributed by atoms with E-state index in [2.05, 4.69) is 6.92 Å². The summed E-state index contributed by atoms with van der Waals surface area (Å²) in [5, 5.41) is 0. The van der Waals surface area contributed by atoms with Crippen LogP contribution in [-0.4, -0.2) is 38.0 Å². The summed E-state index contributed by atoms with van der Waals surface area (Å²) in [5.41, 5.74) is 1.07. The number of nitrogens with zero attached hydrogens (tertiary/aromatic N) is 1. The van der Waals surface area contributed by atoms with Crippen molar-refractivity contribution < 1.29 is 13.2 Å². The first-order valence-corrected chi connectivity index (χ1v) is 8.63. The zero-order valence-corrected chi connectivity index (χ0v) is 12.8. The average Bonchev–Trinajstić information content (AvgIpc) is 2.78. The van der Waals surface area contributed by atoms with E-state index in [9.17, 15) is 8.42 Å². The summed E-state index contributed by atoms with van der Waals surface area (Å²) in [6, 6.07) is 7.09. The van der Waals surface area contributed by atoms with Crippen LogP contribution in [0.5, 0.6) is 0 Å². The molecule has 0 bridgehead atoms. The number of rotatable bonds is 2. The van der Waals surface area contributed by atoms with Gasteiger partial charge in [0.05, 0.1) is 17.1 Å². The number of hydrogen-bond acceptors (Lipinski definition) is 3. The van der Waals surface area contributed by atoms with Crippen LogP contribution in [0.1, 0.15) is 25.3 Å². The van der Waals surface area contributed by atoms with Crippen LogP contribution < -0.4 is 0 Å². The zero-order chi connectivity index (χ0) is 14.3. The predicted octanol–water partition coefficient (Wildman–Crippen LogP) is 2.18. The lowest BCUT2D eigenvalue weighted by atomic mass is 9.94. The van der Waals surface area contributed by atoms with Gasteiger partial charge in [0.15, 0.2) is 0 Å². The Morgan fingerprint density at radius 3 is 2.65 bits per heavy atom. The van der Waals surface area contributed by atoms with Gasteiger partial charge in [-0.05, 0) is 38.8 Å². The molecule has 3 atom stereocenters. The van der Waals surface area contributed by atoms with Gasteiger partial charge in [0, 0.05) is 19.0 Å². The molecule has 2 fully saturated rings. The van der Waals surface area contributed by atoms with Gasteiger partial charge in [0.2, 0.25) is 10.0 Å². The van der Waals surface area contributed by atoms with Crippen molar-refractivity contribution in [2.45, 2.75) is 43.8 Å².